The number of allylic oxidation sites excluding steroid dienone is 2. The van der Waals surface area contributed by atoms with Gasteiger partial charge in [0, 0.05) is 52.1 Å². The molecule has 6 fully saturated rings. The minimum absolute atomic E-state index is 0.0757. The number of hydrogen-bond acceptors (Lipinski definition) is 7. The summed E-state index contributed by atoms with van der Waals surface area (Å²) in [5.41, 5.74) is 2.82. The molecule has 0 aromatic heterocycles. The van der Waals surface area contributed by atoms with Gasteiger partial charge >= 0.3 is 0 Å². The number of carbonyl (C=O) groups excluding carboxylic acids is 1. The first-order valence-electron chi connectivity index (χ1n) is 17.8. The van der Waals surface area contributed by atoms with Crippen LogP contribution in [0.5, 0.6) is 0 Å². The Labute approximate surface area is 259 Å². The molecule has 6 rings (SSSR count). The molecular weight excluding hydrogens is 542 g/mol. The van der Waals surface area contributed by atoms with Crippen molar-refractivity contribution in [3.05, 3.63) is 23.5 Å². The van der Waals surface area contributed by atoms with E-state index in [0.29, 0.717) is 11.8 Å². The number of nitrogens with zero attached hydrogens (tertiary/aromatic N) is 2. The van der Waals surface area contributed by atoms with Gasteiger partial charge < -0.3 is 29.5 Å². The smallest absolute Gasteiger partial charge is 0.239 e. The third-order valence-corrected chi connectivity index (χ3v) is 11.5. The minimum Gasteiger partial charge on any atom is -0.497 e. The number of piperazine rings is 1. The number of amides is 1. The van der Waals surface area contributed by atoms with Crippen LogP contribution in [-0.2, 0) is 19.0 Å². The predicted molar refractivity (Wildman–Crippen MR) is 167 cm³/mol. The van der Waals surface area contributed by atoms with Gasteiger partial charge in [-0.1, -0.05) is 30.9 Å². The molecule has 0 aromatic rings. The van der Waals surface area contributed by atoms with Crippen molar-refractivity contribution in [3.8, 4) is 0 Å². The van der Waals surface area contributed by atoms with E-state index in [1.165, 1.54) is 49.8 Å². The van der Waals surface area contributed by atoms with Crippen molar-refractivity contribution >= 4 is 5.91 Å². The standard InChI is InChI=1S/C35H57N3O5/c39-20-13-29-8-4-7-28(23-32(29)30-11-14-35(15-12-30)42-21-22-43-35)26-41-31-9-10-33(36-24-31)34(40)38-18-16-37(17-19-38)25-27-5-2-1-3-6-27/h13,26-27,30-33,36,39H,1-12,14-25H2/b28-26+,29-13+. The van der Waals surface area contributed by atoms with E-state index < -0.39 is 0 Å². The van der Waals surface area contributed by atoms with Crippen molar-refractivity contribution < 1.29 is 24.1 Å². The van der Waals surface area contributed by atoms with Crippen molar-refractivity contribution in [2.75, 3.05) is 59.1 Å². The first kappa shape index (κ1) is 31.5. The fraction of sp³-hybridized carbons (Fsp3) is 0.857. The maximum absolute atomic E-state index is 13.3. The number of hydrogen-bond donors (Lipinski definition) is 2. The molecular formula is C35H57N3O5. The number of piperidine rings is 1. The van der Waals surface area contributed by atoms with E-state index in [4.69, 9.17) is 14.2 Å². The Morgan fingerprint density at radius 2 is 1.72 bits per heavy atom. The molecule has 0 aromatic carbocycles. The van der Waals surface area contributed by atoms with E-state index >= 15 is 0 Å². The van der Waals surface area contributed by atoms with Gasteiger partial charge in [0.1, 0.15) is 6.10 Å². The van der Waals surface area contributed by atoms with Crippen LogP contribution in [-0.4, -0.2) is 97.8 Å². The summed E-state index contributed by atoms with van der Waals surface area (Å²) in [4.78, 5) is 18.0. The van der Waals surface area contributed by atoms with E-state index in [-0.39, 0.29) is 30.4 Å². The third-order valence-electron chi connectivity index (χ3n) is 11.5. The second-order valence-electron chi connectivity index (χ2n) is 14.3. The lowest BCUT2D eigenvalue weighted by Crippen LogP contribution is -2.56. The zero-order valence-electron chi connectivity index (χ0n) is 26.5. The average Bonchev–Trinajstić information content (AvgIpc) is 3.40. The summed E-state index contributed by atoms with van der Waals surface area (Å²) in [6.45, 7) is 7.29. The first-order valence-corrected chi connectivity index (χ1v) is 17.8. The van der Waals surface area contributed by atoms with Gasteiger partial charge in [-0.05, 0) is 87.5 Å². The average molecular weight is 600 g/mol. The third kappa shape index (κ3) is 8.23. The molecule has 242 valence electrons. The van der Waals surface area contributed by atoms with Crippen molar-refractivity contribution in [2.45, 2.75) is 114 Å². The Bertz CT molecular complexity index is 947. The molecule has 3 atom stereocenters. The molecule has 8 nitrogen and oxygen atoms in total. The lowest BCUT2D eigenvalue weighted by atomic mass is 9.72. The van der Waals surface area contributed by atoms with Gasteiger partial charge in [-0.3, -0.25) is 9.69 Å². The van der Waals surface area contributed by atoms with Gasteiger partial charge in [0.25, 0.3) is 0 Å². The van der Waals surface area contributed by atoms with E-state index in [1.807, 2.05) is 0 Å². The first-order chi connectivity index (χ1) is 21.1. The molecule has 3 saturated heterocycles. The number of carbonyl (C=O) groups is 1. The second-order valence-corrected chi connectivity index (χ2v) is 14.3. The van der Waals surface area contributed by atoms with Gasteiger partial charge in [0.15, 0.2) is 5.79 Å². The van der Waals surface area contributed by atoms with Gasteiger partial charge in [-0.2, -0.15) is 0 Å². The molecule has 0 bridgehead atoms. The van der Waals surface area contributed by atoms with Crippen LogP contribution in [0.15, 0.2) is 23.5 Å². The van der Waals surface area contributed by atoms with E-state index in [0.717, 1.165) is 116 Å². The highest BCUT2D eigenvalue weighted by atomic mass is 16.7. The molecule has 3 saturated carbocycles. The van der Waals surface area contributed by atoms with Crippen LogP contribution < -0.4 is 5.32 Å². The molecule has 1 spiro atoms. The molecule has 3 heterocycles. The molecule has 6 aliphatic rings. The van der Waals surface area contributed by atoms with Crippen molar-refractivity contribution in [1.29, 1.82) is 0 Å². The van der Waals surface area contributed by atoms with Crippen LogP contribution in [0, 0.1) is 17.8 Å². The van der Waals surface area contributed by atoms with Gasteiger partial charge in [0.2, 0.25) is 5.91 Å². The molecule has 3 unspecified atom stereocenters. The van der Waals surface area contributed by atoms with Crippen LogP contribution in [0.2, 0.25) is 0 Å². The van der Waals surface area contributed by atoms with Crippen LogP contribution in [0.25, 0.3) is 0 Å². The van der Waals surface area contributed by atoms with E-state index in [9.17, 15) is 9.90 Å². The topological polar surface area (TPSA) is 83.5 Å². The summed E-state index contributed by atoms with van der Waals surface area (Å²) >= 11 is 0. The summed E-state index contributed by atoms with van der Waals surface area (Å²) in [5.74, 6) is 1.87. The zero-order chi connectivity index (χ0) is 29.5. The fourth-order valence-electron chi connectivity index (χ4n) is 8.89. The maximum Gasteiger partial charge on any atom is 0.239 e. The Morgan fingerprint density at radius 3 is 2.42 bits per heavy atom. The summed E-state index contributed by atoms with van der Waals surface area (Å²) in [6.07, 6.45) is 21.4. The van der Waals surface area contributed by atoms with Crippen molar-refractivity contribution in [1.82, 2.24) is 15.1 Å². The Morgan fingerprint density at radius 1 is 0.953 bits per heavy atom. The molecule has 43 heavy (non-hydrogen) atoms. The molecule has 8 heteroatoms. The summed E-state index contributed by atoms with van der Waals surface area (Å²) in [6, 6.07) is -0.0757. The highest BCUT2D eigenvalue weighted by Gasteiger charge is 2.43. The van der Waals surface area contributed by atoms with Crippen LogP contribution in [0.4, 0.5) is 0 Å². The summed E-state index contributed by atoms with van der Waals surface area (Å²) < 4.78 is 18.4. The lowest BCUT2D eigenvalue weighted by Gasteiger charge is -2.39. The number of ether oxygens (including phenoxy) is 3. The second kappa shape index (κ2) is 15.2. The lowest BCUT2D eigenvalue weighted by molar-refractivity contribution is -0.184. The maximum atomic E-state index is 13.3. The zero-order valence-corrected chi connectivity index (χ0v) is 26.5. The largest absolute Gasteiger partial charge is 0.497 e. The van der Waals surface area contributed by atoms with E-state index in [2.05, 4.69) is 27.5 Å². The SMILES string of the molecule is O=C(C1CCC(O/C=C2\CCC/C(=C\CO)C(C3CCC4(CC3)OCCO4)C2)CN1)N1CCN(CC2CCCCC2)CC1. The fourth-order valence-corrected chi connectivity index (χ4v) is 8.89. The highest BCUT2D eigenvalue weighted by Crippen LogP contribution is 2.46. The van der Waals surface area contributed by atoms with Crippen LogP contribution >= 0.6 is 0 Å². The number of aliphatic hydroxyl groups is 1. The molecule has 1 amide bonds. The minimum atomic E-state index is -0.333. The summed E-state index contributed by atoms with van der Waals surface area (Å²) in [5, 5.41) is 13.3. The Hall–Kier alpha value is -1.45. The number of rotatable bonds is 7. The molecule has 0 radical (unpaired) electrons. The van der Waals surface area contributed by atoms with Crippen molar-refractivity contribution in [3.63, 3.8) is 0 Å². The monoisotopic (exact) mass is 599 g/mol. The number of aliphatic hydroxyl groups excluding tert-OH is 1. The Kier molecular flexibility index (Phi) is 11.2. The van der Waals surface area contributed by atoms with Gasteiger partial charge in [0.05, 0.1) is 32.1 Å². The quantitative estimate of drug-likeness (QED) is 0.248. The van der Waals surface area contributed by atoms with Crippen LogP contribution in [0.1, 0.15) is 96.3 Å². The predicted octanol–water partition coefficient (Wildman–Crippen LogP) is 4.77. The Balaban J connectivity index is 0.951. The molecule has 3 aliphatic carbocycles. The summed E-state index contributed by atoms with van der Waals surface area (Å²) in [7, 11) is 0. The molecule has 3 aliphatic heterocycles. The van der Waals surface area contributed by atoms with Gasteiger partial charge in [-0.25, -0.2) is 0 Å². The van der Waals surface area contributed by atoms with Crippen molar-refractivity contribution in [2.24, 2.45) is 17.8 Å². The normalized spacial score (nSPS) is 33.7. The van der Waals surface area contributed by atoms with Gasteiger partial charge in [-0.15, -0.1) is 0 Å². The van der Waals surface area contributed by atoms with E-state index in [1.54, 1.807) is 0 Å². The van der Waals surface area contributed by atoms with Crippen LogP contribution in [0.3, 0.4) is 0 Å². The number of nitrogens with one attached hydrogen (secondary N) is 1. The molecule has 2 N–H and O–H groups in total. The highest BCUT2D eigenvalue weighted by molar-refractivity contribution is 5.82.